The normalized spacial score (nSPS) is 15.2. The van der Waals surface area contributed by atoms with E-state index >= 15 is 0 Å². The molecule has 1 atom stereocenters. The molecule has 0 aliphatic heterocycles. The van der Waals surface area contributed by atoms with Gasteiger partial charge < -0.3 is 10.6 Å². The summed E-state index contributed by atoms with van der Waals surface area (Å²) < 4.78 is 26.9. The van der Waals surface area contributed by atoms with E-state index in [-0.39, 0.29) is 30.4 Å². The maximum atomic E-state index is 13.7. The summed E-state index contributed by atoms with van der Waals surface area (Å²) in [7, 11) is 0. The first-order valence-electron chi connectivity index (χ1n) is 7.05. The van der Waals surface area contributed by atoms with E-state index in [0.717, 1.165) is 24.7 Å². The highest BCUT2D eigenvalue weighted by Gasteiger charge is 2.21. The summed E-state index contributed by atoms with van der Waals surface area (Å²) in [5, 5.41) is 5.81. The smallest absolute Gasteiger partial charge is 0.234 e. The van der Waals surface area contributed by atoms with Gasteiger partial charge in [0.05, 0.1) is 12.6 Å². The summed E-state index contributed by atoms with van der Waals surface area (Å²) in [4.78, 5) is 11.8. The number of rotatable bonds is 7. The van der Waals surface area contributed by atoms with E-state index in [1.165, 1.54) is 12.8 Å². The van der Waals surface area contributed by atoms with Gasteiger partial charge in [0.2, 0.25) is 5.91 Å². The molecule has 0 saturated heterocycles. The van der Waals surface area contributed by atoms with E-state index in [4.69, 9.17) is 0 Å². The number of nitrogens with one attached hydrogen (secondary N) is 2. The van der Waals surface area contributed by atoms with Crippen molar-refractivity contribution in [2.45, 2.75) is 32.2 Å². The third kappa shape index (κ3) is 5.59. The topological polar surface area (TPSA) is 41.1 Å². The lowest BCUT2D eigenvalue weighted by Gasteiger charge is -2.18. The first-order chi connectivity index (χ1) is 9.60. The fourth-order valence-electron chi connectivity index (χ4n) is 2.14. The molecule has 6 heteroatoms. The third-order valence-corrected chi connectivity index (χ3v) is 3.49. The molecule has 1 unspecified atom stereocenters. The predicted octanol–water partition coefficient (Wildman–Crippen LogP) is 2.95. The van der Waals surface area contributed by atoms with E-state index in [0.29, 0.717) is 12.3 Å². The van der Waals surface area contributed by atoms with Crippen LogP contribution in [0.2, 0.25) is 0 Å². The van der Waals surface area contributed by atoms with Gasteiger partial charge in [-0.25, -0.2) is 8.78 Å². The van der Waals surface area contributed by atoms with Crippen molar-refractivity contribution in [3.63, 3.8) is 0 Å². The Balaban J connectivity index is 0.00000220. The number of carbonyl (C=O) groups excluding carboxylic acids is 1. The number of halogens is 3. The van der Waals surface area contributed by atoms with Crippen LogP contribution >= 0.6 is 12.4 Å². The van der Waals surface area contributed by atoms with Gasteiger partial charge in [-0.15, -0.1) is 12.4 Å². The van der Waals surface area contributed by atoms with Crippen LogP contribution in [-0.2, 0) is 4.79 Å². The summed E-state index contributed by atoms with van der Waals surface area (Å²) in [6.45, 7) is 2.88. The van der Waals surface area contributed by atoms with Gasteiger partial charge in [-0.2, -0.15) is 0 Å². The van der Waals surface area contributed by atoms with Crippen LogP contribution in [0.5, 0.6) is 0 Å². The molecule has 118 valence electrons. The lowest BCUT2D eigenvalue weighted by atomic mass is 10.0. The van der Waals surface area contributed by atoms with Crippen molar-refractivity contribution in [1.82, 2.24) is 10.6 Å². The van der Waals surface area contributed by atoms with E-state index < -0.39 is 17.7 Å². The molecule has 0 heterocycles. The molecular weight excluding hydrogens is 298 g/mol. The quantitative estimate of drug-likeness (QED) is 0.811. The first kappa shape index (κ1) is 17.9. The summed E-state index contributed by atoms with van der Waals surface area (Å²) in [5.41, 5.74) is 0.197. The Morgan fingerprint density at radius 3 is 2.71 bits per heavy atom. The maximum absolute atomic E-state index is 13.7. The van der Waals surface area contributed by atoms with Crippen LogP contribution in [0.1, 0.15) is 37.8 Å². The van der Waals surface area contributed by atoms with Gasteiger partial charge in [0.15, 0.2) is 0 Å². The second kappa shape index (κ2) is 8.29. The van der Waals surface area contributed by atoms with Gasteiger partial charge in [-0.05, 0) is 49.9 Å². The highest BCUT2D eigenvalue weighted by Crippen LogP contribution is 2.27. The molecular formula is C15H21ClF2N2O. The van der Waals surface area contributed by atoms with Gasteiger partial charge in [0.25, 0.3) is 0 Å². The number of hydrogen-bond donors (Lipinski definition) is 2. The summed E-state index contributed by atoms with van der Waals surface area (Å²) in [6.07, 6.45) is 2.95. The molecule has 1 fully saturated rings. The number of amides is 1. The van der Waals surface area contributed by atoms with Crippen LogP contribution in [0, 0.1) is 17.6 Å². The summed E-state index contributed by atoms with van der Waals surface area (Å²) in [5.74, 6) is -0.489. The SMILES string of the molecule is CCC(NC(=O)CNCC1CC1)c1cc(F)ccc1F.Cl. The number of benzene rings is 1. The molecule has 0 spiro atoms. The first-order valence-corrected chi connectivity index (χ1v) is 7.05. The molecule has 0 radical (unpaired) electrons. The molecule has 1 saturated carbocycles. The van der Waals surface area contributed by atoms with Crippen LogP contribution < -0.4 is 10.6 Å². The zero-order valence-corrected chi connectivity index (χ0v) is 12.8. The molecule has 1 aliphatic rings. The van der Waals surface area contributed by atoms with Crippen molar-refractivity contribution in [2.75, 3.05) is 13.1 Å². The van der Waals surface area contributed by atoms with Gasteiger partial charge in [0, 0.05) is 5.56 Å². The van der Waals surface area contributed by atoms with Crippen molar-refractivity contribution in [3.05, 3.63) is 35.4 Å². The molecule has 1 aliphatic carbocycles. The van der Waals surface area contributed by atoms with Gasteiger partial charge in [0.1, 0.15) is 11.6 Å². The zero-order chi connectivity index (χ0) is 14.5. The molecule has 1 amide bonds. The number of hydrogen-bond acceptors (Lipinski definition) is 2. The van der Waals surface area contributed by atoms with Crippen molar-refractivity contribution in [2.24, 2.45) is 5.92 Å². The molecule has 2 N–H and O–H groups in total. The second-order valence-corrected chi connectivity index (χ2v) is 5.27. The molecule has 1 aromatic carbocycles. The highest BCUT2D eigenvalue weighted by molar-refractivity contribution is 5.85. The zero-order valence-electron chi connectivity index (χ0n) is 12.0. The van der Waals surface area contributed by atoms with E-state index in [1.807, 2.05) is 6.92 Å². The lowest BCUT2D eigenvalue weighted by Crippen LogP contribution is -2.37. The van der Waals surface area contributed by atoms with Crippen LogP contribution in [-0.4, -0.2) is 19.0 Å². The molecule has 2 rings (SSSR count). The Morgan fingerprint density at radius 2 is 2.10 bits per heavy atom. The minimum atomic E-state index is -0.499. The van der Waals surface area contributed by atoms with Gasteiger partial charge in [-0.1, -0.05) is 6.92 Å². The van der Waals surface area contributed by atoms with Crippen molar-refractivity contribution >= 4 is 18.3 Å². The minimum Gasteiger partial charge on any atom is -0.348 e. The van der Waals surface area contributed by atoms with Crippen LogP contribution in [0.4, 0.5) is 8.78 Å². The Kier molecular flexibility index (Phi) is 7.05. The van der Waals surface area contributed by atoms with E-state index in [1.54, 1.807) is 0 Å². The minimum absolute atomic E-state index is 0. The lowest BCUT2D eigenvalue weighted by molar-refractivity contribution is -0.121. The Hall–Kier alpha value is -1.20. The van der Waals surface area contributed by atoms with Gasteiger partial charge in [-0.3, -0.25) is 4.79 Å². The fraction of sp³-hybridized carbons (Fsp3) is 0.533. The maximum Gasteiger partial charge on any atom is 0.234 e. The van der Waals surface area contributed by atoms with Crippen LogP contribution in [0.15, 0.2) is 18.2 Å². The summed E-state index contributed by atoms with van der Waals surface area (Å²) >= 11 is 0. The Morgan fingerprint density at radius 1 is 1.38 bits per heavy atom. The Bertz CT molecular complexity index is 481. The van der Waals surface area contributed by atoms with Crippen molar-refractivity contribution in [3.8, 4) is 0 Å². The van der Waals surface area contributed by atoms with E-state index in [2.05, 4.69) is 10.6 Å². The molecule has 1 aromatic rings. The number of carbonyl (C=O) groups is 1. The molecule has 0 aromatic heterocycles. The average Bonchev–Trinajstić information content (AvgIpc) is 3.23. The largest absolute Gasteiger partial charge is 0.348 e. The summed E-state index contributed by atoms with van der Waals surface area (Å²) in [6, 6.07) is 2.80. The standard InChI is InChI=1S/C15H20F2N2O.ClH/c1-2-14(12-7-11(16)5-6-13(12)17)19-15(20)9-18-8-10-3-4-10;/h5-7,10,14,18H,2-4,8-9H2,1H3,(H,19,20);1H. The van der Waals surface area contributed by atoms with Crippen molar-refractivity contribution < 1.29 is 13.6 Å². The predicted molar refractivity (Wildman–Crippen MR) is 80.4 cm³/mol. The average molecular weight is 319 g/mol. The van der Waals surface area contributed by atoms with E-state index in [9.17, 15) is 13.6 Å². The molecule has 3 nitrogen and oxygen atoms in total. The third-order valence-electron chi connectivity index (χ3n) is 3.49. The van der Waals surface area contributed by atoms with Crippen molar-refractivity contribution in [1.29, 1.82) is 0 Å². The fourth-order valence-corrected chi connectivity index (χ4v) is 2.14. The van der Waals surface area contributed by atoms with Crippen LogP contribution in [0.25, 0.3) is 0 Å². The second-order valence-electron chi connectivity index (χ2n) is 5.27. The molecule has 21 heavy (non-hydrogen) atoms. The highest BCUT2D eigenvalue weighted by atomic mass is 35.5. The Labute approximate surface area is 129 Å². The van der Waals surface area contributed by atoms with Gasteiger partial charge >= 0.3 is 0 Å². The monoisotopic (exact) mass is 318 g/mol. The molecule has 0 bridgehead atoms. The van der Waals surface area contributed by atoms with Crippen LogP contribution in [0.3, 0.4) is 0 Å².